The Bertz CT molecular complexity index is 584. The van der Waals surface area contributed by atoms with Crippen molar-refractivity contribution in [3.8, 4) is 0 Å². The van der Waals surface area contributed by atoms with Gasteiger partial charge in [-0.15, -0.1) is 0 Å². The molecule has 1 N–H and O–H groups in total. The lowest BCUT2D eigenvalue weighted by Crippen LogP contribution is -2.49. The van der Waals surface area contributed by atoms with Crippen molar-refractivity contribution in [2.24, 2.45) is 5.92 Å². The summed E-state index contributed by atoms with van der Waals surface area (Å²) in [6.07, 6.45) is 11.4. The quantitative estimate of drug-likeness (QED) is 0.751. The second-order valence-electron chi connectivity index (χ2n) is 7.09. The number of carboxylic acid groups (broad SMARTS) is 1. The summed E-state index contributed by atoms with van der Waals surface area (Å²) in [5.41, 5.74) is 2.44. The fraction of sp³-hybridized carbons (Fsp3) is 0.600. The average Bonchev–Trinajstić information content (AvgIpc) is 2.60. The molecule has 0 aromatic rings. The minimum absolute atomic E-state index is 0.0201. The lowest BCUT2D eigenvalue weighted by molar-refractivity contribution is -0.145. The van der Waals surface area contributed by atoms with Crippen molar-refractivity contribution in [3.05, 3.63) is 35.5 Å². The highest BCUT2D eigenvalue weighted by Crippen LogP contribution is 2.24. The summed E-state index contributed by atoms with van der Waals surface area (Å²) in [6.45, 7) is 6.04. The second-order valence-corrected chi connectivity index (χ2v) is 7.09. The molecule has 1 amide bonds. The van der Waals surface area contributed by atoms with Crippen LogP contribution >= 0.6 is 0 Å². The number of amides is 1. The molecular weight excluding hydrogens is 316 g/mol. The largest absolute Gasteiger partial charge is 0.480 e. The van der Waals surface area contributed by atoms with Crippen LogP contribution in [0.4, 0.5) is 0 Å². The minimum Gasteiger partial charge on any atom is -0.480 e. The number of carbonyl (C=O) groups is 2. The Hall–Kier alpha value is -1.88. The Balaban J connectivity index is 1.90. The van der Waals surface area contributed by atoms with Crippen molar-refractivity contribution in [3.63, 3.8) is 0 Å². The number of carboxylic acids is 1. The van der Waals surface area contributed by atoms with Gasteiger partial charge in [-0.2, -0.15) is 0 Å². The van der Waals surface area contributed by atoms with Gasteiger partial charge >= 0.3 is 5.97 Å². The second kappa shape index (κ2) is 8.99. The maximum atomic E-state index is 12.4. The molecule has 0 aromatic heterocycles. The van der Waals surface area contributed by atoms with E-state index in [1.54, 1.807) is 6.08 Å². The van der Waals surface area contributed by atoms with Crippen molar-refractivity contribution in [1.29, 1.82) is 0 Å². The maximum absolute atomic E-state index is 12.4. The van der Waals surface area contributed by atoms with Gasteiger partial charge in [0, 0.05) is 19.2 Å². The lowest BCUT2D eigenvalue weighted by atomic mass is 9.88. The van der Waals surface area contributed by atoms with Crippen molar-refractivity contribution in [2.75, 3.05) is 26.7 Å². The zero-order valence-corrected chi connectivity index (χ0v) is 15.6. The first-order chi connectivity index (χ1) is 11.9. The predicted molar refractivity (Wildman–Crippen MR) is 99.2 cm³/mol. The van der Waals surface area contributed by atoms with E-state index in [4.69, 9.17) is 0 Å². The normalized spacial score (nSPS) is 20.6. The Morgan fingerprint density at radius 3 is 2.64 bits per heavy atom. The van der Waals surface area contributed by atoms with Gasteiger partial charge in [0.15, 0.2) is 0 Å². The van der Waals surface area contributed by atoms with Crippen LogP contribution < -0.4 is 0 Å². The standard InChI is InChI=1S/C20H30N2O3/c1-4-21(3)19(20(24)25)17-10-12-22(13-11-17)18(23)9-8-16-7-5-6-15(2)14-16/h7-9,14,17,19H,4-6,10-13H2,1-3H3,(H,24,25)/b9-8+. The first-order valence-corrected chi connectivity index (χ1v) is 9.19. The van der Waals surface area contributed by atoms with Crippen LogP contribution in [0.25, 0.3) is 0 Å². The van der Waals surface area contributed by atoms with Crippen LogP contribution in [-0.4, -0.2) is 59.5 Å². The summed E-state index contributed by atoms with van der Waals surface area (Å²) in [6, 6.07) is -0.460. The van der Waals surface area contributed by atoms with E-state index in [0.717, 1.165) is 31.3 Å². The number of hydrogen-bond donors (Lipinski definition) is 1. The number of likely N-dealkylation sites (N-methyl/N-ethyl adjacent to an activating group) is 1. The number of carbonyl (C=O) groups excluding carboxylic acids is 1. The molecule has 5 nitrogen and oxygen atoms in total. The van der Waals surface area contributed by atoms with Crippen LogP contribution in [-0.2, 0) is 9.59 Å². The summed E-state index contributed by atoms with van der Waals surface area (Å²) in [4.78, 5) is 27.7. The fourth-order valence-electron chi connectivity index (χ4n) is 3.65. The highest BCUT2D eigenvalue weighted by atomic mass is 16.4. The molecule has 0 aromatic carbocycles. The molecule has 0 saturated carbocycles. The Labute approximate surface area is 150 Å². The van der Waals surface area contributed by atoms with E-state index in [1.807, 2.05) is 29.8 Å². The molecule has 1 aliphatic carbocycles. The molecule has 2 rings (SSSR count). The SMILES string of the molecule is CCN(C)C(C(=O)O)C1CCN(C(=O)/C=C/C2=CCCC(C)=C2)CC1. The molecule has 1 fully saturated rings. The summed E-state index contributed by atoms with van der Waals surface area (Å²) < 4.78 is 0. The summed E-state index contributed by atoms with van der Waals surface area (Å²) >= 11 is 0. The number of piperidine rings is 1. The number of hydrogen-bond acceptors (Lipinski definition) is 3. The molecule has 1 atom stereocenters. The Morgan fingerprint density at radius 1 is 1.40 bits per heavy atom. The van der Waals surface area contributed by atoms with Crippen molar-refractivity contribution < 1.29 is 14.7 Å². The molecular formula is C20H30N2O3. The number of allylic oxidation sites excluding steroid dienone is 5. The van der Waals surface area contributed by atoms with E-state index in [0.29, 0.717) is 19.6 Å². The smallest absolute Gasteiger partial charge is 0.321 e. The molecule has 0 spiro atoms. The highest BCUT2D eigenvalue weighted by molar-refractivity contribution is 5.88. The van der Waals surface area contributed by atoms with E-state index in [2.05, 4.69) is 19.1 Å². The third kappa shape index (κ3) is 5.30. The number of rotatable bonds is 6. The van der Waals surface area contributed by atoms with Gasteiger partial charge in [-0.05, 0) is 63.8 Å². The average molecular weight is 346 g/mol. The molecule has 1 saturated heterocycles. The van der Waals surface area contributed by atoms with E-state index in [9.17, 15) is 14.7 Å². The maximum Gasteiger partial charge on any atom is 0.321 e. The van der Waals surface area contributed by atoms with Gasteiger partial charge in [-0.3, -0.25) is 14.5 Å². The van der Waals surface area contributed by atoms with Gasteiger partial charge in [0.1, 0.15) is 6.04 Å². The predicted octanol–water partition coefficient (Wildman–Crippen LogP) is 2.85. The van der Waals surface area contributed by atoms with E-state index in [1.165, 1.54) is 5.57 Å². The van der Waals surface area contributed by atoms with Gasteiger partial charge in [-0.1, -0.05) is 24.6 Å². The lowest BCUT2D eigenvalue weighted by Gasteiger charge is -2.37. The monoisotopic (exact) mass is 346 g/mol. The molecule has 0 radical (unpaired) electrons. The number of nitrogens with zero attached hydrogens (tertiary/aromatic N) is 2. The van der Waals surface area contributed by atoms with Crippen LogP contribution in [0.1, 0.15) is 39.5 Å². The molecule has 1 unspecified atom stereocenters. The van der Waals surface area contributed by atoms with Crippen LogP contribution in [0.15, 0.2) is 35.5 Å². The van der Waals surface area contributed by atoms with Gasteiger partial charge in [0.25, 0.3) is 0 Å². The van der Waals surface area contributed by atoms with Gasteiger partial charge < -0.3 is 10.0 Å². The van der Waals surface area contributed by atoms with Crippen LogP contribution in [0, 0.1) is 5.92 Å². The molecule has 138 valence electrons. The molecule has 2 aliphatic rings. The Kier molecular flexibility index (Phi) is 7.00. The summed E-state index contributed by atoms with van der Waals surface area (Å²) in [5.74, 6) is -0.644. The van der Waals surface area contributed by atoms with Crippen molar-refractivity contribution >= 4 is 11.9 Å². The van der Waals surface area contributed by atoms with Crippen molar-refractivity contribution in [2.45, 2.75) is 45.6 Å². The van der Waals surface area contributed by atoms with Crippen molar-refractivity contribution in [1.82, 2.24) is 9.80 Å². The van der Waals surface area contributed by atoms with Crippen LogP contribution in [0.3, 0.4) is 0 Å². The van der Waals surface area contributed by atoms with E-state index >= 15 is 0 Å². The zero-order valence-electron chi connectivity index (χ0n) is 15.6. The number of likely N-dealkylation sites (tertiary alicyclic amines) is 1. The van der Waals surface area contributed by atoms with E-state index in [-0.39, 0.29) is 11.8 Å². The van der Waals surface area contributed by atoms with Crippen LogP contribution in [0.2, 0.25) is 0 Å². The molecule has 1 heterocycles. The van der Waals surface area contributed by atoms with Crippen LogP contribution in [0.5, 0.6) is 0 Å². The third-order valence-electron chi connectivity index (χ3n) is 5.27. The van der Waals surface area contributed by atoms with Gasteiger partial charge in [0.2, 0.25) is 5.91 Å². The highest BCUT2D eigenvalue weighted by Gasteiger charge is 2.34. The molecule has 5 heteroatoms. The van der Waals surface area contributed by atoms with Gasteiger partial charge in [-0.25, -0.2) is 0 Å². The first-order valence-electron chi connectivity index (χ1n) is 9.19. The fourth-order valence-corrected chi connectivity index (χ4v) is 3.65. The molecule has 0 bridgehead atoms. The topological polar surface area (TPSA) is 60.9 Å². The van der Waals surface area contributed by atoms with Gasteiger partial charge in [0.05, 0.1) is 0 Å². The third-order valence-corrected chi connectivity index (χ3v) is 5.27. The molecule has 1 aliphatic heterocycles. The summed E-state index contributed by atoms with van der Waals surface area (Å²) in [5, 5.41) is 9.51. The minimum atomic E-state index is -0.764. The first kappa shape index (κ1) is 19.4. The molecule has 25 heavy (non-hydrogen) atoms. The summed E-state index contributed by atoms with van der Waals surface area (Å²) in [7, 11) is 1.85. The number of aliphatic carboxylic acids is 1. The zero-order chi connectivity index (χ0) is 18.4. The van der Waals surface area contributed by atoms with E-state index < -0.39 is 12.0 Å². The Morgan fingerprint density at radius 2 is 2.08 bits per heavy atom.